The van der Waals surface area contributed by atoms with Gasteiger partial charge in [0.05, 0.1) is 25.4 Å². The summed E-state index contributed by atoms with van der Waals surface area (Å²) in [6.45, 7) is 5.64. The Balaban J connectivity index is 1.36. The van der Waals surface area contributed by atoms with Crippen molar-refractivity contribution in [3.63, 3.8) is 0 Å². The Morgan fingerprint density at radius 3 is 2.96 bits per heavy atom. The molecule has 0 radical (unpaired) electrons. The van der Waals surface area contributed by atoms with Crippen molar-refractivity contribution in [1.82, 2.24) is 25.0 Å². The summed E-state index contributed by atoms with van der Waals surface area (Å²) in [4.78, 5) is 18.7. The maximum Gasteiger partial charge on any atom is 0.317 e. The quantitative estimate of drug-likeness (QED) is 0.764. The predicted octanol–water partition coefficient (Wildman–Crippen LogP) is 2.81. The Labute approximate surface area is 157 Å². The molecule has 1 fully saturated rings. The lowest BCUT2D eigenvalue weighted by Crippen LogP contribution is -2.38. The number of fused-ring (bicyclic) bond motifs is 1. The van der Waals surface area contributed by atoms with Gasteiger partial charge in [-0.05, 0) is 38.5 Å². The average Bonchev–Trinajstić information content (AvgIpc) is 3.36. The predicted molar refractivity (Wildman–Crippen MR) is 99.7 cm³/mol. The summed E-state index contributed by atoms with van der Waals surface area (Å²) in [5.74, 6) is 1.19. The van der Waals surface area contributed by atoms with Crippen molar-refractivity contribution in [2.45, 2.75) is 32.9 Å². The summed E-state index contributed by atoms with van der Waals surface area (Å²) < 4.78 is 12.9. The van der Waals surface area contributed by atoms with Gasteiger partial charge in [0.2, 0.25) is 5.89 Å². The minimum Gasteiger partial charge on any atom is -0.497 e. The van der Waals surface area contributed by atoms with Gasteiger partial charge in [-0.2, -0.15) is 5.10 Å². The number of carbonyl (C=O) groups excluding carboxylic acids is 1. The summed E-state index contributed by atoms with van der Waals surface area (Å²) >= 11 is 0. The molecular weight excluding hydrogens is 346 g/mol. The van der Waals surface area contributed by atoms with Crippen LogP contribution in [-0.4, -0.2) is 45.9 Å². The van der Waals surface area contributed by atoms with Gasteiger partial charge in [-0.25, -0.2) is 9.78 Å². The highest BCUT2D eigenvalue weighted by molar-refractivity contribution is 5.75. The van der Waals surface area contributed by atoms with E-state index in [2.05, 4.69) is 21.5 Å². The molecule has 1 N–H and O–H groups in total. The van der Waals surface area contributed by atoms with Crippen molar-refractivity contribution >= 4 is 17.1 Å². The zero-order valence-electron chi connectivity index (χ0n) is 15.7. The van der Waals surface area contributed by atoms with Gasteiger partial charge in [0, 0.05) is 24.8 Å². The van der Waals surface area contributed by atoms with Crippen LogP contribution < -0.4 is 10.1 Å². The third kappa shape index (κ3) is 3.47. The third-order valence-corrected chi connectivity index (χ3v) is 4.87. The van der Waals surface area contributed by atoms with Gasteiger partial charge in [0.1, 0.15) is 11.3 Å². The molecule has 0 unspecified atom stereocenters. The van der Waals surface area contributed by atoms with Crippen LogP contribution >= 0.6 is 0 Å². The molecule has 0 bridgehead atoms. The highest BCUT2D eigenvalue weighted by Crippen LogP contribution is 2.24. The number of hydrogen-bond donors (Lipinski definition) is 1. The summed E-state index contributed by atoms with van der Waals surface area (Å²) in [7, 11) is 1.61. The lowest BCUT2D eigenvalue weighted by molar-refractivity contribution is 0.205. The Hall–Kier alpha value is -3.03. The number of oxazole rings is 1. The summed E-state index contributed by atoms with van der Waals surface area (Å²) in [6.07, 6.45) is 0.901. The molecule has 2 aromatic heterocycles. The van der Waals surface area contributed by atoms with E-state index in [0.29, 0.717) is 30.1 Å². The van der Waals surface area contributed by atoms with E-state index in [0.717, 1.165) is 23.6 Å². The van der Waals surface area contributed by atoms with Gasteiger partial charge >= 0.3 is 6.03 Å². The molecule has 1 aromatic carbocycles. The molecule has 2 amide bonds. The first kappa shape index (κ1) is 17.4. The number of nitrogens with one attached hydrogen (secondary N) is 1. The van der Waals surface area contributed by atoms with E-state index in [1.165, 1.54) is 0 Å². The zero-order chi connectivity index (χ0) is 19.0. The second-order valence-corrected chi connectivity index (χ2v) is 6.86. The number of nitrogens with zero attached hydrogens (tertiary/aromatic N) is 4. The van der Waals surface area contributed by atoms with Crippen LogP contribution in [0.1, 0.15) is 29.7 Å². The zero-order valence-corrected chi connectivity index (χ0v) is 15.7. The maximum absolute atomic E-state index is 12.5. The number of benzene rings is 1. The molecule has 3 aromatic rings. The summed E-state index contributed by atoms with van der Waals surface area (Å²) in [5.41, 5.74) is 3.51. The average molecular weight is 369 g/mol. The summed E-state index contributed by atoms with van der Waals surface area (Å²) in [6, 6.07) is 7.61. The van der Waals surface area contributed by atoms with Crippen LogP contribution in [0.2, 0.25) is 0 Å². The molecule has 0 aliphatic carbocycles. The fraction of sp³-hybridized carbons (Fsp3) is 0.421. The number of carbonyl (C=O) groups is 1. The molecule has 0 spiro atoms. The van der Waals surface area contributed by atoms with Gasteiger partial charge in [0.25, 0.3) is 0 Å². The van der Waals surface area contributed by atoms with Crippen molar-refractivity contribution in [3.05, 3.63) is 41.5 Å². The molecule has 1 aliphatic rings. The van der Waals surface area contributed by atoms with E-state index in [9.17, 15) is 4.79 Å². The second kappa shape index (κ2) is 6.94. The van der Waals surface area contributed by atoms with E-state index in [4.69, 9.17) is 9.15 Å². The minimum absolute atomic E-state index is 0.112. The number of aryl methyl sites for hydroxylation is 2. The molecule has 4 rings (SSSR count). The van der Waals surface area contributed by atoms with E-state index in [1.807, 2.05) is 41.6 Å². The van der Waals surface area contributed by atoms with Crippen LogP contribution in [0.25, 0.3) is 11.1 Å². The highest BCUT2D eigenvalue weighted by Gasteiger charge is 2.28. The highest BCUT2D eigenvalue weighted by atomic mass is 16.5. The number of methoxy groups -OCH3 is 1. The van der Waals surface area contributed by atoms with Crippen LogP contribution in [-0.2, 0) is 6.54 Å². The Morgan fingerprint density at radius 1 is 1.37 bits per heavy atom. The molecule has 1 atom stereocenters. The first-order valence-electron chi connectivity index (χ1n) is 9.02. The van der Waals surface area contributed by atoms with E-state index < -0.39 is 0 Å². The van der Waals surface area contributed by atoms with Crippen molar-refractivity contribution in [3.8, 4) is 5.75 Å². The van der Waals surface area contributed by atoms with Crippen LogP contribution in [0.15, 0.2) is 28.7 Å². The fourth-order valence-electron chi connectivity index (χ4n) is 3.56. The second-order valence-electron chi connectivity index (χ2n) is 6.86. The van der Waals surface area contributed by atoms with E-state index in [-0.39, 0.29) is 18.6 Å². The van der Waals surface area contributed by atoms with Gasteiger partial charge in [-0.3, -0.25) is 4.68 Å². The van der Waals surface area contributed by atoms with E-state index in [1.54, 1.807) is 7.11 Å². The summed E-state index contributed by atoms with van der Waals surface area (Å²) in [5, 5.41) is 7.43. The number of amides is 2. The Bertz CT molecular complexity index is 977. The van der Waals surface area contributed by atoms with Crippen LogP contribution in [0, 0.1) is 13.8 Å². The van der Waals surface area contributed by atoms with Crippen LogP contribution in [0.4, 0.5) is 4.79 Å². The van der Waals surface area contributed by atoms with Crippen molar-refractivity contribution in [2.75, 3.05) is 20.2 Å². The van der Waals surface area contributed by atoms with Gasteiger partial charge in [-0.1, -0.05) is 0 Å². The third-order valence-electron chi connectivity index (χ3n) is 4.87. The van der Waals surface area contributed by atoms with Gasteiger partial charge < -0.3 is 19.4 Å². The topological polar surface area (TPSA) is 85.4 Å². The molecule has 8 heteroatoms. The Morgan fingerprint density at radius 2 is 2.22 bits per heavy atom. The maximum atomic E-state index is 12.5. The molecule has 27 heavy (non-hydrogen) atoms. The molecular formula is C19H23N5O3. The van der Waals surface area contributed by atoms with Crippen molar-refractivity contribution in [1.29, 1.82) is 0 Å². The van der Waals surface area contributed by atoms with Crippen LogP contribution in [0.3, 0.4) is 0 Å². The van der Waals surface area contributed by atoms with Gasteiger partial charge in [-0.15, -0.1) is 0 Å². The normalized spacial score (nSPS) is 16.9. The molecule has 0 saturated carbocycles. The van der Waals surface area contributed by atoms with E-state index >= 15 is 0 Å². The lowest BCUT2D eigenvalue weighted by Gasteiger charge is -2.17. The Kier molecular flexibility index (Phi) is 4.47. The number of ether oxygens (including phenoxy) is 1. The van der Waals surface area contributed by atoms with Gasteiger partial charge in [0.15, 0.2) is 5.58 Å². The molecule has 1 saturated heterocycles. The SMILES string of the molecule is COc1ccc2oc(CNC(=O)N3CC[C@@H](n4nc(C)cc4C)C3)nc2c1. The molecule has 142 valence electrons. The number of likely N-dealkylation sites (tertiary alicyclic amines) is 1. The number of rotatable bonds is 4. The monoisotopic (exact) mass is 369 g/mol. The first-order chi connectivity index (χ1) is 13.0. The molecule has 8 nitrogen and oxygen atoms in total. The standard InChI is InChI=1S/C19H23N5O3/c1-12-8-13(2)24(22-12)14-6-7-23(11-14)19(25)20-10-18-21-16-9-15(26-3)4-5-17(16)27-18/h4-5,8-9,14H,6-7,10-11H2,1-3H3,(H,20,25)/t14-/m1/s1. The van der Waals surface area contributed by atoms with Crippen LogP contribution in [0.5, 0.6) is 5.75 Å². The fourth-order valence-corrected chi connectivity index (χ4v) is 3.56. The first-order valence-corrected chi connectivity index (χ1v) is 9.02. The lowest BCUT2D eigenvalue weighted by atomic mass is 10.2. The number of hydrogen-bond acceptors (Lipinski definition) is 5. The van der Waals surface area contributed by atoms with Crippen molar-refractivity contribution < 1.29 is 13.9 Å². The molecule has 1 aliphatic heterocycles. The smallest absolute Gasteiger partial charge is 0.317 e. The largest absolute Gasteiger partial charge is 0.497 e. The number of urea groups is 1. The minimum atomic E-state index is -0.112. The van der Waals surface area contributed by atoms with Crippen molar-refractivity contribution in [2.24, 2.45) is 0 Å². The number of aromatic nitrogens is 3. The molecule has 3 heterocycles.